The van der Waals surface area contributed by atoms with Crippen molar-refractivity contribution in [3.8, 4) is 5.75 Å². The molecule has 0 aromatic heterocycles. The average Bonchev–Trinajstić information content (AvgIpc) is 2.58. The van der Waals surface area contributed by atoms with E-state index in [1.54, 1.807) is 7.11 Å². The third kappa shape index (κ3) is 4.74. The van der Waals surface area contributed by atoms with Crippen LogP contribution in [0.2, 0.25) is 0 Å². The first-order valence-corrected chi connectivity index (χ1v) is 7.88. The molecule has 23 heavy (non-hydrogen) atoms. The maximum absolute atomic E-state index is 12.4. The van der Waals surface area contributed by atoms with Crippen LogP contribution < -0.4 is 10.5 Å². The molecular weight excluding hydrogens is 288 g/mol. The molecule has 4 nitrogen and oxygen atoms in total. The van der Waals surface area contributed by atoms with Crippen molar-refractivity contribution < 1.29 is 9.53 Å². The van der Waals surface area contributed by atoms with E-state index in [4.69, 9.17) is 10.5 Å². The van der Waals surface area contributed by atoms with Crippen molar-refractivity contribution >= 4 is 11.6 Å². The minimum Gasteiger partial charge on any atom is -0.495 e. The first-order valence-electron chi connectivity index (χ1n) is 7.88. The van der Waals surface area contributed by atoms with Gasteiger partial charge in [-0.1, -0.05) is 36.4 Å². The minimum absolute atomic E-state index is 0.158. The molecular formula is C19H24N2O2. The van der Waals surface area contributed by atoms with Gasteiger partial charge in [0, 0.05) is 19.5 Å². The molecule has 0 aliphatic carbocycles. The van der Waals surface area contributed by atoms with E-state index in [9.17, 15) is 4.79 Å². The number of nitrogens with zero attached hydrogens (tertiary/aromatic N) is 1. The second-order valence-corrected chi connectivity index (χ2v) is 5.47. The van der Waals surface area contributed by atoms with Crippen LogP contribution >= 0.6 is 0 Å². The molecule has 2 N–H and O–H groups in total. The maximum Gasteiger partial charge on any atom is 0.223 e. The lowest BCUT2D eigenvalue weighted by molar-refractivity contribution is -0.131. The number of methoxy groups -OCH3 is 1. The standard InChI is InChI=1S/C19H24N2O2/c1-3-21(14-16-7-5-4-6-8-16)19(22)12-10-15-9-11-18(23-2)17(20)13-15/h4-9,11,13H,3,10,12,14,20H2,1-2H3. The lowest BCUT2D eigenvalue weighted by Gasteiger charge is -2.21. The molecule has 0 radical (unpaired) electrons. The Morgan fingerprint density at radius 1 is 1.13 bits per heavy atom. The number of benzene rings is 2. The molecule has 2 aromatic carbocycles. The Labute approximate surface area is 137 Å². The van der Waals surface area contributed by atoms with Crippen molar-refractivity contribution in [3.63, 3.8) is 0 Å². The van der Waals surface area contributed by atoms with Gasteiger partial charge in [-0.05, 0) is 36.6 Å². The third-order valence-electron chi connectivity index (χ3n) is 3.87. The molecule has 0 atom stereocenters. The van der Waals surface area contributed by atoms with Crippen LogP contribution in [-0.4, -0.2) is 24.5 Å². The highest BCUT2D eigenvalue weighted by atomic mass is 16.5. The number of carbonyl (C=O) groups is 1. The normalized spacial score (nSPS) is 10.3. The van der Waals surface area contributed by atoms with Gasteiger partial charge in [0.25, 0.3) is 0 Å². The van der Waals surface area contributed by atoms with E-state index < -0.39 is 0 Å². The SMILES string of the molecule is CCN(Cc1ccccc1)C(=O)CCc1ccc(OC)c(N)c1. The Morgan fingerprint density at radius 2 is 1.87 bits per heavy atom. The molecule has 0 heterocycles. The summed E-state index contributed by atoms with van der Waals surface area (Å²) in [5, 5.41) is 0. The highest BCUT2D eigenvalue weighted by Crippen LogP contribution is 2.22. The van der Waals surface area contributed by atoms with Gasteiger partial charge in [-0.2, -0.15) is 0 Å². The van der Waals surface area contributed by atoms with Crippen LogP contribution in [0.3, 0.4) is 0 Å². The number of aryl methyl sites for hydroxylation is 1. The summed E-state index contributed by atoms with van der Waals surface area (Å²) >= 11 is 0. The van der Waals surface area contributed by atoms with Crippen molar-refractivity contribution in [1.29, 1.82) is 0 Å². The molecule has 0 spiro atoms. The summed E-state index contributed by atoms with van der Waals surface area (Å²) in [6, 6.07) is 15.7. The number of anilines is 1. The summed E-state index contributed by atoms with van der Waals surface area (Å²) in [5.41, 5.74) is 8.71. The van der Waals surface area contributed by atoms with Crippen LogP contribution in [0.4, 0.5) is 5.69 Å². The molecule has 122 valence electrons. The molecule has 0 aliphatic heterocycles. The van der Waals surface area contributed by atoms with Gasteiger partial charge in [-0.25, -0.2) is 0 Å². The Morgan fingerprint density at radius 3 is 2.48 bits per heavy atom. The van der Waals surface area contributed by atoms with Crippen molar-refractivity contribution in [1.82, 2.24) is 4.90 Å². The topological polar surface area (TPSA) is 55.6 Å². The minimum atomic E-state index is 0.158. The van der Waals surface area contributed by atoms with Crippen LogP contribution in [0.15, 0.2) is 48.5 Å². The number of nitrogen functional groups attached to an aromatic ring is 1. The second-order valence-electron chi connectivity index (χ2n) is 5.47. The highest BCUT2D eigenvalue weighted by Gasteiger charge is 2.12. The maximum atomic E-state index is 12.4. The van der Waals surface area contributed by atoms with E-state index in [1.807, 2.05) is 60.4 Å². The number of hydrogen-bond acceptors (Lipinski definition) is 3. The predicted octanol–water partition coefficient (Wildman–Crippen LogP) is 3.26. The van der Waals surface area contributed by atoms with Gasteiger partial charge >= 0.3 is 0 Å². The zero-order valence-corrected chi connectivity index (χ0v) is 13.8. The van der Waals surface area contributed by atoms with Gasteiger partial charge in [-0.3, -0.25) is 4.79 Å². The number of rotatable bonds is 7. The largest absolute Gasteiger partial charge is 0.495 e. The van der Waals surface area contributed by atoms with E-state index in [2.05, 4.69) is 0 Å². The molecule has 2 rings (SSSR count). The first kappa shape index (κ1) is 16.9. The van der Waals surface area contributed by atoms with E-state index in [-0.39, 0.29) is 5.91 Å². The Kier molecular flexibility index (Phi) is 6.03. The van der Waals surface area contributed by atoms with Crippen molar-refractivity contribution in [2.75, 3.05) is 19.4 Å². The summed E-state index contributed by atoms with van der Waals surface area (Å²) in [5.74, 6) is 0.824. The molecule has 0 saturated carbocycles. The van der Waals surface area contributed by atoms with Crippen LogP contribution in [0.5, 0.6) is 5.75 Å². The van der Waals surface area contributed by atoms with Crippen LogP contribution in [0, 0.1) is 0 Å². The first-order chi connectivity index (χ1) is 11.1. The Hall–Kier alpha value is -2.49. The van der Waals surface area contributed by atoms with Crippen molar-refractivity contribution in [2.24, 2.45) is 0 Å². The number of nitrogens with two attached hydrogens (primary N) is 1. The molecule has 0 bridgehead atoms. The molecule has 1 amide bonds. The van der Waals surface area contributed by atoms with E-state index >= 15 is 0 Å². The summed E-state index contributed by atoms with van der Waals surface area (Å²) in [7, 11) is 1.59. The average molecular weight is 312 g/mol. The lowest BCUT2D eigenvalue weighted by atomic mass is 10.1. The van der Waals surface area contributed by atoms with Crippen LogP contribution in [-0.2, 0) is 17.8 Å². The van der Waals surface area contributed by atoms with Crippen LogP contribution in [0.25, 0.3) is 0 Å². The molecule has 0 aliphatic rings. The molecule has 0 fully saturated rings. The zero-order chi connectivity index (χ0) is 16.7. The number of ether oxygens (including phenoxy) is 1. The van der Waals surface area contributed by atoms with E-state index in [0.29, 0.717) is 37.4 Å². The quantitative estimate of drug-likeness (QED) is 0.798. The third-order valence-corrected chi connectivity index (χ3v) is 3.87. The lowest BCUT2D eigenvalue weighted by Crippen LogP contribution is -2.30. The summed E-state index contributed by atoms with van der Waals surface area (Å²) in [4.78, 5) is 14.3. The second kappa shape index (κ2) is 8.22. The van der Waals surface area contributed by atoms with Gasteiger partial charge in [0.05, 0.1) is 12.8 Å². The number of carbonyl (C=O) groups excluding carboxylic acids is 1. The number of hydrogen-bond donors (Lipinski definition) is 1. The molecule has 0 unspecified atom stereocenters. The Bertz CT molecular complexity index is 641. The van der Waals surface area contributed by atoms with E-state index in [1.165, 1.54) is 0 Å². The van der Waals surface area contributed by atoms with Gasteiger partial charge < -0.3 is 15.4 Å². The van der Waals surface area contributed by atoms with Gasteiger partial charge in [-0.15, -0.1) is 0 Å². The van der Waals surface area contributed by atoms with Gasteiger partial charge in [0.1, 0.15) is 5.75 Å². The summed E-state index contributed by atoms with van der Waals surface area (Å²) < 4.78 is 5.15. The fraction of sp³-hybridized carbons (Fsp3) is 0.316. The zero-order valence-electron chi connectivity index (χ0n) is 13.8. The fourth-order valence-corrected chi connectivity index (χ4v) is 2.53. The van der Waals surface area contributed by atoms with Crippen molar-refractivity contribution in [3.05, 3.63) is 59.7 Å². The van der Waals surface area contributed by atoms with E-state index in [0.717, 1.165) is 11.1 Å². The molecule has 0 saturated heterocycles. The van der Waals surface area contributed by atoms with Gasteiger partial charge in [0.15, 0.2) is 0 Å². The molecule has 2 aromatic rings. The number of amides is 1. The van der Waals surface area contributed by atoms with Crippen molar-refractivity contribution in [2.45, 2.75) is 26.3 Å². The predicted molar refractivity (Wildman–Crippen MR) is 93.3 cm³/mol. The van der Waals surface area contributed by atoms with Gasteiger partial charge in [0.2, 0.25) is 5.91 Å². The Balaban J connectivity index is 1.93. The van der Waals surface area contributed by atoms with Crippen LogP contribution in [0.1, 0.15) is 24.5 Å². The fourth-order valence-electron chi connectivity index (χ4n) is 2.53. The highest BCUT2D eigenvalue weighted by molar-refractivity contribution is 5.76. The monoisotopic (exact) mass is 312 g/mol. The molecule has 4 heteroatoms. The summed E-state index contributed by atoms with van der Waals surface area (Å²) in [6.07, 6.45) is 1.16. The smallest absolute Gasteiger partial charge is 0.223 e. The summed E-state index contributed by atoms with van der Waals surface area (Å²) in [6.45, 7) is 3.37.